The van der Waals surface area contributed by atoms with Crippen molar-refractivity contribution in [1.82, 2.24) is 4.90 Å². The molecule has 3 atom stereocenters. The number of hydrogen-bond donors (Lipinski definition) is 4. The fourth-order valence-corrected chi connectivity index (χ4v) is 1.46. The van der Waals surface area contributed by atoms with Crippen LogP contribution in [0.2, 0.25) is 0 Å². The highest BCUT2D eigenvalue weighted by molar-refractivity contribution is 7.81. The summed E-state index contributed by atoms with van der Waals surface area (Å²) in [6, 6.07) is -1.16. The van der Waals surface area contributed by atoms with Crippen molar-refractivity contribution in [3.8, 4) is 0 Å². The molecule has 0 radical (unpaired) electrons. The second-order valence-corrected chi connectivity index (χ2v) is 6.16. The fourth-order valence-electron chi connectivity index (χ4n) is 1.35. The number of nitrogens with zero attached hydrogens (tertiary/aromatic N) is 1. The minimum absolute atomic E-state index is 0.151. The summed E-state index contributed by atoms with van der Waals surface area (Å²) < 4.78 is -0.650. The Labute approximate surface area is 108 Å². The molecule has 0 aromatic rings. The largest absolute Gasteiger partial charge is 0.394 e. The topological polar surface area (TPSA) is 86.8 Å². The van der Waals surface area contributed by atoms with Crippen LogP contribution in [0.25, 0.3) is 0 Å². The van der Waals surface area contributed by atoms with Crippen LogP contribution in [0.3, 0.4) is 0 Å². The lowest BCUT2D eigenvalue weighted by molar-refractivity contribution is -0.137. The standard InChI is InChI=1S/C11H24N2O3S/c1-7(6-14)13(5-8(2)15)10(16)9(12)11(3,4)17/h7-9,14-15,17H,5-6,12H2,1-4H3/t7?,8?,9-/m1/s1. The molecule has 1 amide bonds. The molecule has 0 aromatic carbocycles. The van der Waals surface area contributed by atoms with Gasteiger partial charge in [-0.1, -0.05) is 0 Å². The maximum Gasteiger partial charge on any atom is 0.241 e. The predicted molar refractivity (Wildman–Crippen MR) is 71.0 cm³/mol. The van der Waals surface area contributed by atoms with Crippen LogP contribution in [0.4, 0.5) is 0 Å². The lowest BCUT2D eigenvalue weighted by atomic mass is 10.0. The quantitative estimate of drug-likeness (QED) is 0.492. The molecule has 4 N–H and O–H groups in total. The average molecular weight is 264 g/mol. The van der Waals surface area contributed by atoms with Crippen molar-refractivity contribution in [1.29, 1.82) is 0 Å². The molecule has 0 aliphatic rings. The molecule has 0 rings (SSSR count). The van der Waals surface area contributed by atoms with E-state index in [-0.39, 0.29) is 25.1 Å². The molecule has 0 bridgehead atoms. The number of hydrogen-bond acceptors (Lipinski definition) is 5. The van der Waals surface area contributed by atoms with Gasteiger partial charge in [-0.25, -0.2) is 0 Å². The summed E-state index contributed by atoms with van der Waals surface area (Å²) in [5.74, 6) is -0.313. The smallest absolute Gasteiger partial charge is 0.241 e. The van der Waals surface area contributed by atoms with Crippen LogP contribution >= 0.6 is 12.6 Å². The number of carbonyl (C=O) groups is 1. The third-order valence-corrected chi connectivity index (χ3v) is 2.85. The van der Waals surface area contributed by atoms with E-state index in [0.717, 1.165) is 0 Å². The molecule has 0 fully saturated rings. The molecular weight excluding hydrogens is 240 g/mol. The van der Waals surface area contributed by atoms with Gasteiger partial charge in [0, 0.05) is 11.3 Å². The molecule has 2 unspecified atom stereocenters. The summed E-state index contributed by atoms with van der Waals surface area (Å²) in [4.78, 5) is 13.6. The van der Waals surface area contributed by atoms with E-state index in [1.165, 1.54) is 4.90 Å². The number of carbonyl (C=O) groups excluding carboxylic acids is 1. The molecule has 0 aromatic heterocycles. The van der Waals surface area contributed by atoms with Gasteiger partial charge in [-0.3, -0.25) is 4.79 Å². The first-order valence-corrected chi connectivity index (χ1v) is 6.13. The summed E-state index contributed by atoms with van der Waals surface area (Å²) >= 11 is 4.27. The van der Waals surface area contributed by atoms with Gasteiger partial charge in [0.15, 0.2) is 0 Å². The number of rotatable bonds is 6. The summed E-state index contributed by atoms with van der Waals surface area (Å²) in [5, 5.41) is 18.5. The highest BCUT2D eigenvalue weighted by Gasteiger charge is 2.34. The van der Waals surface area contributed by atoms with Gasteiger partial charge in [0.25, 0.3) is 0 Å². The highest BCUT2D eigenvalue weighted by Crippen LogP contribution is 2.18. The normalized spacial score (nSPS) is 17.4. The molecule has 0 saturated heterocycles. The van der Waals surface area contributed by atoms with Crippen LogP contribution in [-0.4, -0.2) is 57.1 Å². The van der Waals surface area contributed by atoms with Crippen molar-refractivity contribution in [3.63, 3.8) is 0 Å². The minimum atomic E-state index is -0.779. The van der Waals surface area contributed by atoms with E-state index in [0.29, 0.717) is 0 Å². The van der Waals surface area contributed by atoms with E-state index >= 15 is 0 Å². The second-order valence-electron chi connectivity index (χ2n) is 5.00. The molecule has 0 saturated carbocycles. The van der Waals surface area contributed by atoms with E-state index in [1.54, 1.807) is 27.7 Å². The predicted octanol–water partition coefficient (Wildman–Crippen LogP) is -0.388. The summed E-state index contributed by atoms with van der Waals surface area (Å²) in [6.07, 6.45) is -0.664. The van der Waals surface area contributed by atoms with E-state index in [1.807, 2.05) is 0 Å². The van der Waals surface area contributed by atoms with E-state index < -0.39 is 16.9 Å². The lowest BCUT2D eigenvalue weighted by Crippen LogP contribution is -2.56. The Balaban J connectivity index is 4.87. The first-order valence-electron chi connectivity index (χ1n) is 5.68. The first kappa shape index (κ1) is 16.7. The third-order valence-electron chi connectivity index (χ3n) is 2.57. The fraction of sp³-hybridized carbons (Fsp3) is 0.909. The zero-order valence-corrected chi connectivity index (χ0v) is 11.8. The molecule has 0 aliphatic carbocycles. The van der Waals surface area contributed by atoms with Gasteiger partial charge >= 0.3 is 0 Å². The van der Waals surface area contributed by atoms with Crippen LogP contribution in [0.1, 0.15) is 27.7 Å². The van der Waals surface area contributed by atoms with Crippen LogP contribution < -0.4 is 5.73 Å². The zero-order valence-electron chi connectivity index (χ0n) is 10.9. The van der Waals surface area contributed by atoms with Gasteiger partial charge in [0.1, 0.15) is 0 Å². The summed E-state index contributed by atoms with van der Waals surface area (Å²) in [5.41, 5.74) is 5.83. The van der Waals surface area contributed by atoms with E-state index in [9.17, 15) is 9.90 Å². The van der Waals surface area contributed by atoms with Crippen molar-refractivity contribution in [2.24, 2.45) is 5.73 Å². The number of amides is 1. The summed E-state index contributed by atoms with van der Waals surface area (Å²) in [6.45, 7) is 6.78. The average Bonchev–Trinajstić information content (AvgIpc) is 2.21. The van der Waals surface area contributed by atoms with Gasteiger partial charge in [0.2, 0.25) is 5.91 Å². The molecule has 6 heteroatoms. The van der Waals surface area contributed by atoms with Gasteiger partial charge < -0.3 is 20.8 Å². The molecule has 0 spiro atoms. The van der Waals surface area contributed by atoms with Crippen molar-refractivity contribution in [2.45, 2.75) is 50.6 Å². The van der Waals surface area contributed by atoms with Crippen molar-refractivity contribution < 1.29 is 15.0 Å². The Morgan fingerprint density at radius 1 is 1.47 bits per heavy atom. The van der Waals surface area contributed by atoms with E-state index in [2.05, 4.69) is 12.6 Å². The van der Waals surface area contributed by atoms with Crippen LogP contribution in [0.5, 0.6) is 0 Å². The van der Waals surface area contributed by atoms with Crippen molar-refractivity contribution in [3.05, 3.63) is 0 Å². The maximum atomic E-state index is 12.2. The molecule has 0 heterocycles. The van der Waals surface area contributed by atoms with E-state index in [4.69, 9.17) is 10.8 Å². The van der Waals surface area contributed by atoms with Gasteiger partial charge in [0.05, 0.1) is 24.8 Å². The SMILES string of the molecule is CC(O)CN(C(=O)[C@@H](N)C(C)(C)S)C(C)CO. The van der Waals surface area contributed by atoms with Crippen LogP contribution in [0, 0.1) is 0 Å². The molecule has 5 nitrogen and oxygen atoms in total. The first-order chi connectivity index (χ1) is 7.61. The third kappa shape index (κ3) is 5.25. The number of nitrogens with two attached hydrogens (primary N) is 1. The Morgan fingerprint density at radius 3 is 2.24 bits per heavy atom. The molecule has 0 aliphatic heterocycles. The summed E-state index contributed by atoms with van der Waals surface area (Å²) in [7, 11) is 0. The van der Waals surface area contributed by atoms with Crippen molar-refractivity contribution >= 4 is 18.5 Å². The number of thiol groups is 1. The van der Waals surface area contributed by atoms with Gasteiger partial charge in [-0.15, -0.1) is 0 Å². The Morgan fingerprint density at radius 2 is 1.94 bits per heavy atom. The lowest BCUT2D eigenvalue weighted by Gasteiger charge is -2.35. The molecular formula is C11H24N2O3S. The molecule has 17 heavy (non-hydrogen) atoms. The second kappa shape index (κ2) is 6.58. The van der Waals surface area contributed by atoms with Crippen molar-refractivity contribution in [2.75, 3.05) is 13.2 Å². The maximum absolute atomic E-state index is 12.2. The number of aliphatic hydroxyl groups excluding tert-OH is 2. The molecule has 102 valence electrons. The van der Waals surface area contributed by atoms with Gasteiger partial charge in [-0.2, -0.15) is 12.6 Å². The van der Waals surface area contributed by atoms with Crippen LogP contribution in [0.15, 0.2) is 0 Å². The zero-order chi connectivity index (χ0) is 13.8. The number of aliphatic hydroxyl groups is 2. The van der Waals surface area contributed by atoms with Gasteiger partial charge in [-0.05, 0) is 27.7 Å². The monoisotopic (exact) mass is 264 g/mol. The Hall–Kier alpha value is -0.300. The Kier molecular flexibility index (Phi) is 6.47. The van der Waals surface area contributed by atoms with Crippen LogP contribution in [-0.2, 0) is 4.79 Å². The Bertz CT molecular complexity index is 254. The minimum Gasteiger partial charge on any atom is -0.394 e. The highest BCUT2D eigenvalue weighted by atomic mass is 32.1.